The highest BCUT2D eigenvalue weighted by molar-refractivity contribution is 6.32. The summed E-state index contributed by atoms with van der Waals surface area (Å²) in [6.45, 7) is 2.46. The van der Waals surface area contributed by atoms with Gasteiger partial charge in [-0.15, -0.1) is 0 Å². The van der Waals surface area contributed by atoms with E-state index in [0.29, 0.717) is 35.2 Å². The Bertz CT molecular complexity index is 770. The number of carboxylic acids is 1. The Morgan fingerprint density at radius 1 is 1.32 bits per heavy atom. The van der Waals surface area contributed by atoms with Gasteiger partial charge in [0.15, 0.2) is 0 Å². The molecule has 0 saturated heterocycles. The van der Waals surface area contributed by atoms with E-state index in [0.717, 1.165) is 0 Å². The van der Waals surface area contributed by atoms with Crippen LogP contribution >= 0.6 is 11.6 Å². The number of benzene rings is 1. The average molecular weight is 368 g/mol. The van der Waals surface area contributed by atoms with Crippen LogP contribution in [0.25, 0.3) is 0 Å². The highest BCUT2D eigenvalue weighted by atomic mass is 35.5. The van der Waals surface area contributed by atoms with Crippen molar-refractivity contribution < 1.29 is 28.6 Å². The SMILES string of the molecule is COCCOc1ccc(NC(=O)c2c(C)coc2CC(=O)O)cc1Cl. The molecule has 0 aliphatic heterocycles. The topological polar surface area (TPSA) is 98.0 Å². The standard InChI is InChI=1S/C17H18ClNO6/c1-10-9-25-14(8-15(20)21)16(10)17(22)19-11-3-4-13(12(18)7-11)24-6-5-23-2/h3-4,7,9H,5-6,8H2,1-2H3,(H,19,22)(H,20,21). The summed E-state index contributed by atoms with van der Waals surface area (Å²) in [6, 6.07) is 4.82. The third kappa shape index (κ3) is 4.98. The minimum absolute atomic E-state index is 0.105. The summed E-state index contributed by atoms with van der Waals surface area (Å²) >= 11 is 6.13. The predicted octanol–water partition coefficient (Wildman–Crippen LogP) is 3.15. The van der Waals surface area contributed by atoms with E-state index in [1.807, 2.05) is 0 Å². The number of furan rings is 1. The number of hydrogen-bond acceptors (Lipinski definition) is 5. The zero-order chi connectivity index (χ0) is 18.4. The molecule has 0 aliphatic rings. The predicted molar refractivity (Wildman–Crippen MR) is 91.6 cm³/mol. The maximum Gasteiger partial charge on any atom is 0.311 e. The van der Waals surface area contributed by atoms with Crippen molar-refractivity contribution in [3.8, 4) is 5.75 Å². The van der Waals surface area contributed by atoms with Crippen LogP contribution in [-0.4, -0.2) is 37.3 Å². The van der Waals surface area contributed by atoms with Gasteiger partial charge in [-0.05, 0) is 25.1 Å². The van der Waals surface area contributed by atoms with Crippen molar-refractivity contribution in [3.63, 3.8) is 0 Å². The zero-order valence-electron chi connectivity index (χ0n) is 13.8. The van der Waals surface area contributed by atoms with Gasteiger partial charge in [0, 0.05) is 18.4 Å². The maximum absolute atomic E-state index is 12.5. The molecule has 0 atom stereocenters. The molecule has 1 amide bonds. The first-order valence-electron chi connectivity index (χ1n) is 7.43. The Morgan fingerprint density at radius 2 is 2.08 bits per heavy atom. The molecule has 0 radical (unpaired) electrons. The molecule has 1 aromatic carbocycles. The first-order valence-corrected chi connectivity index (χ1v) is 7.81. The normalized spacial score (nSPS) is 10.5. The quantitative estimate of drug-likeness (QED) is 0.695. The monoisotopic (exact) mass is 367 g/mol. The number of ether oxygens (including phenoxy) is 2. The molecule has 2 aromatic rings. The molecule has 8 heteroatoms. The Morgan fingerprint density at radius 3 is 2.72 bits per heavy atom. The molecule has 0 spiro atoms. The Balaban J connectivity index is 2.12. The molecule has 134 valence electrons. The number of aliphatic carboxylic acids is 1. The summed E-state index contributed by atoms with van der Waals surface area (Å²) in [5, 5.41) is 11.9. The molecule has 0 fully saturated rings. The van der Waals surface area contributed by atoms with Crippen LogP contribution in [0.5, 0.6) is 5.75 Å². The molecule has 0 bridgehead atoms. The lowest BCUT2D eigenvalue weighted by atomic mass is 10.1. The number of carbonyl (C=O) groups excluding carboxylic acids is 1. The number of halogens is 1. The van der Waals surface area contributed by atoms with Crippen molar-refractivity contribution in [2.75, 3.05) is 25.6 Å². The summed E-state index contributed by atoms with van der Waals surface area (Å²) in [6.07, 6.45) is 0.983. The van der Waals surface area contributed by atoms with Gasteiger partial charge < -0.3 is 24.3 Å². The summed E-state index contributed by atoms with van der Waals surface area (Å²) < 4.78 is 15.5. The smallest absolute Gasteiger partial charge is 0.311 e. The number of anilines is 1. The van der Waals surface area contributed by atoms with Crippen molar-refractivity contribution in [2.45, 2.75) is 13.3 Å². The number of methoxy groups -OCH3 is 1. The summed E-state index contributed by atoms with van der Waals surface area (Å²) in [4.78, 5) is 23.3. The van der Waals surface area contributed by atoms with Gasteiger partial charge >= 0.3 is 5.97 Å². The van der Waals surface area contributed by atoms with Gasteiger partial charge in [-0.25, -0.2) is 0 Å². The van der Waals surface area contributed by atoms with Crippen molar-refractivity contribution in [3.05, 3.63) is 46.4 Å². The lowest BCUT2D eigenvalue weighted by molar-refractivity contribution is -0.136. The average Bonchev–Trinajstić information content (AvgIpc) is 2.89. The second-order valence-corrected chi connectivity index (χ2v) is 5.64. The molecule has 25 heavy (non-hydrogen) atoms. The Hall–Kier alpha value is -2.51. The molecule has 2 N–H and O–H groups in total. The third-order valence-electron chi connectivity index (χ3n) is 3.32. The highest BCUT2D eigenvalue weighted by Crippen LogP contribution is 2.28. The van der Waals surface area contributed by atoms with Gasteiger partial charge in [-0.2, -0.15) is 0 Å². The molecule has 0 aliphatic carbocycles. The molecular weight excluding hydrogens is 350 g/mol. The fourth-order valence-corrected chi connectivity index (χ4v) is 2.43. The van der Waals surface area contributed by atoms with Crippen LogP contribution in [0.4, 0.5) is 5.69 Å². The van der Waals surface area contributed by atoms with Gasteiger partial charge in [0.05, 0.1) is 23.5 Å². The van der Waals surface area contributed by atoms with Crippen molar-refractivity contribution in [1.82, 2.24) is 0 Å². The molecule has 1 aromatic heterocycles. The Kier molecular flexibility index (Phi) is 6.44. The Labute approximate surface area is 149 Å². The second-order valence-electron chi connectivity index (χ2n) is 5.23. The lowest BCUT2D eigenvalue weighted by Gasteiger charge is -2.10. The summed E-state index contributed by atoms with van der Waals surface area (Å²) in [5.74, 6) is -0.966. The third-order valence-corrected chi connectivity index (χ3v) is 3.62. The highest BCUT2D eigenvalue weighted by Gasteiger charge is 2.20. The van der Waals surface area contributed by atoms with Crippen molar-refractivity contribution in [1.29, 1.82) is 0 Å². The fourth-order valence-electron chi connectivity index (χ4n) is 2.19. The van der Waals surface area contributed by atoms with Gasteiger partial charge in [-0.3, -0.25) is 9.59 Å². The van der Waals surface area contributed by atoms with E-state index < -0.39 is 11.9 Å². The zero-order valence-corrected chi connectivity index (χ0v) is 14.6. The number of carbonyl (C=O) groups is 2. The van der Waals surface area contributed by atoms with E-state index in [2.05, 4.69) is 5.32 Å². The maximum atomic E-state index is 12.5. The van der Waals surface area contributed by atoms with Gasteiger partial charge in [-0.1, -0.05) is 11.6 Å². The van der Waals surface area contributed by atoms with E-state index in [-0.39, 0.29) is 17.7 Å². The summed E-state index contributed by atoms with van der Waals surface area (Å²) in [5.41, 5.74) is 1.22. The molecule has 2 rings (SSSR count). The van der Waals surface area contributed by atoms with E-state index >= 15 is 0 Å². The van der Waals surface area contributed by atoms with Crippen LogP contribution in [0, 0.1) is 6.92 Å². The van der Waals surface area contributed by atoms with Gasteiger partial charge in [0.1, 0.15) is 24.5 Å². The number of rotatable bonds is 8. The van der Waals surface area contributed by atoms with Crippen LogP contribution in [0.15, 0.2) is 28.9 Å². The number of carboxylic acid groups (broad SMARTS) is 1. The lowest BCUT2D eigenvalue weighted by Crippen LogP contribution is -2.15. The molecule has 1 heterocycles. The molecule has 7 nitrogen and oxygen atoms in total. The first kappa shape index (κ1) is 18.8. The number of hydrogen-bond donors (Lipinski definition) is 2. The van der Waals surface area contributed by atoms with E-state index in [1.54, 1.807) is 32.2 Å². The van der Waals surface area contributed by atoms with E-state index in [1.165, 1.54) is 6.26 Å². The number of nitrogens with one attached hydrogen (secondary N) is 1. The van der Waals surface area contributed by atoms with Crippen LogP contribution in [0.2, 0.25) is 5.02 Å². The van der Waals surface area contributed by atoms with Crippen LogP contribution in [0.1, 0.15) is 21.7 Å². The van der Waals surface area contributed by atoms with Crippen molar-refractivity contribution >= 4 is 29.2 Å². The van der Waals surface area contributed by atoms with E-state index in [9.17, 15) is 9.59 Å². The van der Waals surface area contributed by atoms with Gasteiger partial charge in [0.2, 0.25) is 0 Å². The van der Waals surface area contributed by atoms with Crippen molar-refractivity contribution in [2.24, 2.45) is 0 Å². The molecule has 0 saturated carbocycles. The van der Waals surface area contributed by atoms with E-state index in [4.69, 9.17) is 30.6 Å². The summed E-state index contributed by atoms with van der Waals surface area (Å²) in [7, 11) is 1.57. The molecule has 0 unspecified atom stereocenters. The first-order chi connectivity index (χ1) is 11.9. The largest absolute Gasteiger partial charge is 0.490 e. The number of amides is 1. The van der Waals surface area contributed by atoms with Crippen LogP contribution in [-0.2, 0) is 16.0 Å². The minimum atomic E-state index is -1.08. The van der Waals surface area contributed by atoms with Gasteiger partial charge in [0.25, 0.3) is 5.91 Å². The second kappa shape index (κ2) is 8.55. The van der Waals surface area contributed by atoms with Crippen LogP contribution < -0.4 is 10.1 Å². The minimum Gasteiger partial charge on any atom is -0.490 e. The number of aryl methyl sites for hydroxylation is 1. The van der Waals surface area contributed by atoms with Crippen LogP contribution in [0.3, 0.4) is 0 Å². The fraction of sp³-hybridized carbons (Fsp3) is 0.294. The molecular formula is C17H18ClNO6.